The molecule has 1 aromatic heterocycles. The normalized spacial score (nSPS) is 18.9. The maximum Gasteiger partial charge on any atom is 0.410 e. The quantitative estimate of drug-likeness (QED) is 0.634. The van der Waals surface area contributed by atoms with Crippen LogP contribution in [0.1, 0.15) is 32.9 Å². The summed E-state index contributed by atoms with van der Waals surface area (Å²) < 4.78 is 5.40. The van der Waals surface area contributed by atoms with E-state index < -0.39 is 5.60 Å². The topological polar surface area (TPSA) is 55.3 Å². The molecule has 1 saturated heterocycles. The average Bonchev–Trinajstić information content (AvgIpc) is 2.83. The van der Waals surface area contributed by atoms with Crippen molar-refractivity contribution in [1.29, 1.82) is 0 Å². The number of thioether (sulfide) groups is 1. The zero-order chi connectivity index (χ0) is 15.5. The van der Waals surface area contributed by atoms with Crippen molar-refractivity contribution in [1.82, 2.24) is 14.9 Å². The lowest BCUT2D eigenvalue weighted by molar-refractivity contribution is 0.0289. The Kier molecular flexibility index (Phi) is 5.08. The number of carbonyl (C=O) groups excluding carboxylic acids is 1. The van der Waals surface area contributed by atoms with Gasteiger partial charge in [-0.15, -0.1) is 0 Å². The van der Waals surface area contributed by atoms with Gasteiger partial charge in [0.05, 0.1) is 0 Å². The molecule has 1 atom stereocenters. The maximum atomic E-state index is 12.0. The third-order valence-corrected chi connectivity index (χ3v) is 4.25. The molecule has 1 aliphatic heterocycles. The fourth-order valence-electron chi connectivity index (χ4n) is 2.15. The van der Waals surface area contributed by atoms with Crippen LogP contribution in [0.5, 0.6) is 0 Å². The summed E-state index contributed by atoms with van der Waals surface area (Å²) in [6.45, 7) is 9.17. The zero-order valence-corrected chi connectivity index (χ0v) is 13.9. The van der Waals surface area contributed by atoms with Gasteiger partial charge in [-0.1, -0.05) is 11.8 Å². The highest BCUT2D eigenvalue weighted by molar-refractivity contribution is 7.99. The Morgan fingerprint density at radius 3 is 2.95 bits per heavy atom. The molecule has 0 unspecified atom stereocenters. The molecule has 1 aliphatic rings. The summed E-state index contributed by atoms with van der Waals surface area (Å²) >= 11 is 1.66. The second-order valence-corrected chi connectivity index (χ2v) is 7.36. The van der Waals surface area contributed by atoms with Gasteiger partial charge in [-0.3, -0.25) is 0 Å². The van der Waals surface area contributed by atoms with Gasteiger partial charge in [0, 0.05) is 30.7 Å². The van der Waals surface area contributed by atoms with Gasteiger partial charge < -0.3 is 9.64 Å². The Balaban J connectivity index is 1.79. The summed E-state index contributed by atoms with van der Waals surface area (Å²) in [5.41, 5.74) is 0.550. The maximum absolute atomic E-state index is 12.0. The van der Waals surface area contributed by atoms with Crippen LogP contribution in [0.2, 0.25) is 0 Å². The van der Waals surface area contributed by atoms with E-state index in [2.05, 4.69) is 9.97 Å². The number of ether oxygens (including phenoxy) is 1. The van der Waals surface area contributed by atoms with Gasteiger partial charge in [0.15, 0.2) is 5.16 Å². The molecule has 116 valence electrons. The number of hydrogen-bond donors (Lipinski definition) is 0. The minimum absolute atomic E-state index is 0.207. The highest BCUT2D eigenvalue weighted by Gasteiger charge is 2.29. The predicted octanol–water partition coefficient (Wildman–Crippen LogP) is 3.13. The first-order valence-electron chi connectivity index (χ1n) is 7.24. The molecule has 2 rings (SSSR count). The van der Waals surface area contributed by atoms with Crippen molar-refractivity contribution in [3.8, 4) is 0 Å². The third-order valence-electron chi connectivity index (χ3n) is 3.16. The molecule has 1 aromatic rings. The van der Waals surface area contributed by atoms with Crippen LogP contribution in [0, 0.1) is 12.8 Å². The van der Waals surface area contributed by atoms with Crippen LogP contribution in [0.3, 0.4) is 0 Å². The fraction of sp³-hybridized carbons (Fsp3) is 0.667. The summed E-state index contributed by atoms with van der Waals surface area (Å²) in [6, 6.07) is 1.89. The first-order chi connectivity index (χ1) is 9.83. The van der Waals surface area contributed by atoms with Gasteiger partial charge in [0.1, 0.15) is 5.60 Å². The van der Waals surface area contributed by atoms with Crippen molar-refractivity contribution in [2.75, 3.05) is 18.8 Å². The van der Waals surface area contributed by atoms with Crippen LogP contribution in [0.4, 0.5) is 4.79 Å². The second kappa shape index (κ2) is 6.64. The van der Waals surface area contributed by atoms with Crippen molar-refractivity contribution in [2.45, 2.75) is 44.9 Å². The van der Waals surface area contributed by atoms with E-state index in [9.17, 15) is 4.79 Å². The number of rotatable bonds is 3. The Labute approximate surface area is 130 Å². The summed E-state index contributed by atoms with van der Waals surface area (Å²) in [5.74, 6) is 1.41. The van der Waals surface area contributed by atoms with E-state index in [0.29, 0.717) is 5.92 Å². The van der Waals surface area contributed by atoms with Gasteiger partial charge in [-0.25, -0.2) is 14.8 Å². The summed E-state index contributed by atoms with van der Waals surface area (Å²) in [5, 5.41) is 0.811. The molecule has 0 saturated carbocycles. The summed E-state index contributed by atoms with van der Waals surface area (Å²) in [6.07, 6.45) is 2.59. The molecule has 21 heavy (non-hydrogen) atoms. The number of carbonyl (C=O) groups is 1. The van der Waals surface area contributed by atoms with Crippen LogP contribution in [0.15, 0.2) is 17.4 Å². The first kappa shape index (κ1) is 16.1. The molecule has 0 N–H and O–H groups in total. The number of nitrogens with zero attached hydrogens (tertiary/aromatic N) is 3. The van der Waals surface area contributed by atoms with E-state index in [1.54, 1.807) is 22.9 Å². The van der Waals surface area contributed by atoms with Gasteiger partial charge in [0.2, 0.25) is 0 Å². The van der Waals surface area contributed by atoms with Gasteiger partial charge >= 0.3 is 6.09 Å². The standard InChI is InChI=1S/C15H23N3O2S/c1-11-5-7-16-13(17-11)21-10-12-6-8-18(9-12)14(19)20-15(2,3)4/h5,7,12H,6,8-10H2,1-4H3/t12-/m0/s1. The Morgan fingerprint density at radius 2 is 2.29 bits per heavy atom. The molecular formula is C15H23N3O2S. The number of aromatic nitrogens is 2. The minimum atomic E-state index is -0.431. The number of amides is 1. The summed E-state index contributed by atoms with van der Waals surface area (Å²) in [7, 11) is 0. The van der Waals surface area contributed by atoms with E-state index in [1.165, 1.54) is 0 Å². The van der Waals surface area contributed by atoms with E-state index >= 15 is 0 Å². The van der Waals surface area contributed by atoms with Crippen molar-refractivity contribution in [2.24, 2.45) is 5.92 Å². The molecule has 0 bridgehead atoms. The zero-order valence-electron chi connectivity index (χ0n) is 13.1. The lowest BCUT2D eigenvalue weighted by atomic mass is 10.2. The molecule has 2 heterocycles. The Morgan fingerprint density at radius 1 is 1.52 bits per heavy atom. The monoisotopic (exact) mass is 309 g/mol. The van der Waals surface area contributed by atoms with Crippen LogP contribution < -0.4 is 0 Å². The molecular weight excluding hydrogens is 286 g/mol. The van der Waals surface area contributed by atoms with Crippen LogP contribution in [-0.4, -0.2) is 45.4 Å². The van der Waals surface area contributed by atoms with Crippen molar-refractivity contribution >= 4 is 17.9 Å². The van der Waals surface area contributed by atoms with Gasteiger partial charge in [0.25, 0.3) is 0 Å². The molecule has 6 heteroatoms. The predicted molar refractivity (Wildman–Crippen MR) is 83.4 cm³/mol. The Bertz CT molecular complexity index is 502. The van der Waals surface area contributed by atoms with Gasteiger partial charge in [-0.2, -0.15) is 0 Å². The third kappa shape index (κ3) is 5.19. The van der Waals surface area contributed by atoms with E-state index in [-0.39, 0.29) is 6.09 Å². The first-order valence-corrected chi connectivity index (χ1v) is 8.22. The number of likely N-dealkylation sites (tertiary alicyclic amines) is 1. The molecule has 5 nitrogen and oxygen atoms in total. The number of hydrogen-bond acceptors (Lipinski definition) is 5. The lowest BCUT2D eigenvalue weighted by Crippen LogP contribution is -2.35. The van der Waals surface area contributed by atoms with Crippen LogP contribution in [0.25, 0.3) is 0 Å². The molecule has 0 spiro atoms. The van der Waals surface area contributed by atoms with E-state index in [4.69, 9.17) is 4.74 Å². The Hall–Kier alpha value is -1.30. The van der Waals surface area contributed by atoms with Gasteiger partial charge in [-0.05, 0) is 46.1 Å². The highest BCUT2D eigenvalue weighted by Crippen LogP contribution is 2.25. The smallest absolute Gasteiger partial charge is 0.410 e. The molecule has 1 fully saturated rings. The van der Waals surface area contributed by atoms with Crippen molar-refractivity contribution < 1.29 is 9.53 Å². The molecule has 1 amide bonds. The highest BCUT2D eigenvalue weighted by atomic mass is 32.2. The lowest BCUT2D eigenvalue weighted by Gasteiger charge is -2.24. The van der Waals surface area contributed by atoms with Crippen LogP contribution >= 0.6 is 11.8 Å². The average molecular weight is 309 g/mol. The molecule has 0 aromatic carbocycles. The largest absolute Gasteiger partial charge is 0.444 e. The molecule has 0 aliphatic carbocycles. The minimum Gasteiger partial charge on any atom is -0.444 e. The SMILES string of the molecule is Cc1ccnc(SC[C@H]2CCN(C(=O)OC(C)(C)C)C2)n1. The van der Waals surface area contributed by atoms with E-state index in [0.717, 1.165) is 36.1 Å². The van der Waals surface area contributed by atoms with E-state index in [1.807, 2.05) is 33.8 Å². The second-order valence-electron chi connectivity index (χ2n) is 6.37. The molecule has 0 radical (unpaired) electrons. The van der Waals surface area contributed by atoms with Crippen molar-refractivity contribution in [3.05, 3.63) is 18.0 Å². The number of aryl methyl sites for hydroxylation is 1. The summed E-state index contributed by atoms with van der Waals surface area (Å²) in [4.78, 5) is 22.4. The fourth-order valence-corrected chi connectivity index (χ4v) is 3.15. The van der Waals surface area contributed by atoms with Crippen LogP contribution in [-0.2, 0) is 4.74 Å². The van der Waals surface area contributed by atoms with Crippen molar-refractivity contribution in [3.63, 3.8) is 0 Å².